The highest BCUT2D eigenvalue weighted by molar-refractivity contribution is 5.44. The number of nitrogens with two attached hydrogens (primary N) is 1. The minimum absolute atomic E-state index is 0.550. The highest BCUT2D eigenvalue weighted by Crippen LogP contribution is 2.29. The first-order valence-corrected chi connectivity index (χ1v) is 5.62. The number of hydrogen-bond donors (Lipinski definition) is 4. The van der Waals surface area contributed by atoms with E-state index in [-0.39, 0.29) is 0 Å². The summed E-state index contributed by atoms with van der Waals surface area (Å²) in [5.41, 5.74) is 1.93. The Balaban J connectivity index is 1.93. The third-order valence-electron chi connectivity index (χ3n) is 3.03. The van der Waals surface area contributed by atoms with E-state index in [0.717, 1.165) is 31.5 Å². The van der Waals surface area contributed by atoms with E-state index in [1.165, 1.54) is 0 Å². The smallest absolute Gasteiger partial charge is 0.142 e. The lowest BCUT2D eigenvalue weighted by atomic mass is 10.0. The van der Waals surface area contributed by atoms with Gasteiger partial charge in [0.2, 0.25) is 0 Å². The maximum atomic E-state index is 10.1. The Morgan fingerprint density at radius 2 is 2.00 bits per heavy atom. The van der Waals surface area contributed by atoms with Gasteiger partial charge in [0.15, 0.2) is 0 Å². The Morgan fingerprint density at radius 3 is 2.69 bits per heavy atom. The molecule has 0 amide bonds. The summed E-state index contributed by atoms with van der Waals surface area (Å²) in [5, 5.41) is 13.3. The van der Waals surface area contributed by atoms with Crippen molar-refractivity contribution >= 4 is 11.6 Å². The molecule has 2 rings (SSSR count). The average Bonchev–Trinajstić information content (AvgIpc) is 2.75. The molecule has 0 atom stereocenters. The van der Waals surface area contributed by atoms with Crippen molar-refractivity contribution in [3.63, 3.8) is 0 Å². The number of aliphatic hydroxyl groups is 1. The fourth-order valence-corrected chi connectivity index (χ4v) is 2.08. The van der Waals surface area contributed by atoms with Gasteiger partial charge in [-0.3, -0.25) is 0 Å². The van der Waals surface area contributed by atoms with Crippen molar-refractivity contribution in [2.75, 3.05) is 17.3 Å². The normalized spacial score (nSPS) is 18.4. The minimum atomic E-state index is -0.562. The Morgan fingerprint density at radius 1 is 1.31 bits per heavy atom. The van der Waals surface area contributed by atoms with Crippen LogP contribution in [0.25, 0.3) is 0 Å². The Kier molecular flexibility index (Phi) is 3.26. The third-order valence-corrected chi connectivity index (χ3v) is 3.03. The zero-order valence-corrected chi connectivity index (χ0v) is 9.24. The minimum Gasteiger partial charge on any atom is -0.388 e. The summed E-state index contributed by atoms with van der Waals surface area (Å²) >= 11 is 0. The summed E-state index contributed by atoms with van der Waals surface area (Å²) in [6, 6.07) is 5.51. The first kappa shape index (κ1) is 11.2. The number of hydrazine groups is 1. The summed E-state index contributed by atoms with van der Waals surface area (Å²) in [4.78, 5) is 4.22. The van der Waals surface area contributed by atoms with Crippen LogP contribution in [0.5, 0.6) is 0 Å². The molecule has 1 aromatic heterocycles. The number of nitrogens with zero attached hydrogens (tertiary/aromatic N) is 1. The SMILES string of the molecule is NNc1cccc(NCC2(O)CCCC2)n1. The van der Waals surface area contributed by atoms with E-state index >= 15 is 0 Å². The standard InChI is InChI=1S/C11H18N4O/c12-15-10-5-3-4-9(14-10)13-8-11(16)6-1-2-7-11/h3-5,16H,1-2,6-8,12H2,(H2,13,14,15). The van der Waals surface area contributed by atoms with E-state index in [0.29, 0.717) is 12.4 Å². The topological polar surface area (TPSA) is 83.2 Å². The molecule has 1 fully saturated rings. The molecule has 88 valence electrons. The molecule has 1 aromatic rings. The van der Waals surface area contributed by atoms with E-state index in [2.05, 4.69) is 15.7 Å². The van der Waals surface area contributed by atoms with Crippen LogP contribution in [-0.4, -0.2) is 22.2 Å². The zero-order valence-electron chi connectivity index (χ0n) is 9.24. The second-order valence-corrected chi connectivity index (χ2v) is 4.34. The molecule has 0 saturated heterocycles. The Labute approximate surface area is 95.0 Å². The summed E-state index contributed by atoms with van der Waals surface area (Å²) < 4.78 is 0. The molecule has 0 unspecified atom stereocenters. The number of nitrogens with one attached hydrogen (secondary N) is 2. The fraction of sp³-hybridized carbons (Fsp3) is 0.545. The van der Waals surface area contributed by atoms with Crippen molar-refractivity contribution in [3.8, 4) is 0 Å². The summed E-state index contributed by atoms with van der Waals surface area (Å²) in [6.45, 7) is 0.550. The van der Waals surface area contributed by atoms with Crippen LogP contribution in [0.2, 0.25) is 0 Å². The number of rotatable bonds is 4. The number of nitrogen functional groups attached to an aromatic ring is 1. The van der Waals surface area contributed by atoms with Gasteiger partial charge in [-0.15, -0.1) is 0 Å². The van der Waals surface area contributed by atoms with Gasteiger partial charge in [0.1, 0.15) is 11.6 Å². The number of hydrogen-bond acceptors (Lipinski definition) is 5. The van der Waals surface area contributed by atoms with Gasteiger partial charge < -0.3 is 15.8 Å². The van der Waals surface area contributed by atoms with Crippen molar-refractivity contribution in [2.45, 2.75) is 31.3 Å². The quantitative estimate of drug-likeness (QED) is 0.452. The lowest BCUT2D eigenvalue weighted by Gasteiger charge is -2.22. The predicted octanol–water partition coefficient (Wildman–Crippen LogP) is 1.08. The van der Waals surface area contributed by atoms with Gasteiger partial charge in [-0.1, -0.05) is 18.9 Å². The second kappa shape index (κ2) is 4.67. The summed E-state index contributed by atoms with van der Waals surface area (Å²) in [7, 11) is 0. The van der Waals surface area contributed by atoms with Crippen molar-refractivity contribution in [3.05, 3.63) is 18.2 Å². The Hall–Kier alpha value is -1.33. The molecule has 0 bridgehead atoms. The number of anilines is 2. The van der Waals surface area contributed by atoms with Crippen LogP contribution in [0.1, 0.15) is 25.7 Å². The third kappa shape index (κ3) is 2.62. The van der Waals surface area contributed by atoms with Crippen molar-refractivity contribution in [2.24, 2.45) is 5.84 Å². The molecule has 5 heteroatoms. The molecular formula is C11H18N4O. The van der Waals surface area contributed by atoms with E-state index < -0.39 is 5.60 Å². The second-order valence-electron chi connectivity index (χ2n) is 4.34. The Bertz CT molecular complexity index is 350. The largest absolute Gasteiger partial charge is 0.388 e. The van der Waals surface area contributed by atoms with Gasteiger partial charge in [0.25, 0.3) is 0 Å². The number of aromatic nitrogens is 1. The lowest BCUT2D eigenvalue weighted by molar-refractivity contribution is 0.0614. The highest BCUT2D eigenvalue weighted by atomic mass is 16.3. The van der Waals surface area contributed by atoms with Gasteiger partial charge in [0.05, 0.1) is 5.60 Å². The maximum absolute atomic E-state index is 10.1. The molecule has 1 aliphatic rings. The predicted molar refractivity (Wildman–Crippen MR) is 64.0 cm³/mol. The van der Waals surface area contributed by atoms with E-state index in [9.17, 15) is 5.11 Å². The van der Waals surface area contributed by atoms with Gasteiger partial charge in [-0.25, -0.2) is 10.8 Å². The molecule has 0 radical (unpaired) electrons. The lowest BCUT2D eigenvalue weighted by Crippen LogP contribution is -2.33. The van der Waals surface area contributed by atoms with E-state index in [1.54, 1.807) is 6.07 Å². The van der Waals surface area contributed by atoms with Crippen molar-refractivity contribution in [1.29, 1.82) is 0 Å². The van der Waals surface area contributed by atoms with Crippen molar-refractivity contribution in [1.82, 2.24) is 4.98 Å². The average molecular weight is 222 g/mol. The molecule has 16 heavy (non-hydrogen) atoms. The van der Waals surface area contributed by atoms with Crippen molar-refractivity contribution < 1.29 is 5.11 Å². The molecule has 1 heterocycles. The van der Waals surface area contributed by atoms with Crippen LogP contribution in [0.15, 0.2) is 18.2 Å². The van der Waals surface area contributed by atoms with E-state index in [4.69, 9.17) is 5.84 Å². The molecular weight excluding hydrogens is 204 g/mol. The monoisotopic (exact) mass is 222 g/mol. The summed E-state index contributed by atoms with van der Waals surface area (Å²) in [6.07, 6.45) is 3.95. The maximum Gasteiger partial charge on any atom is 0.142 e. The van der Waals surface area contributed by atoms with Crippen LogP contribution >= 0.6 is 0 Å². The molecule has 0 aromatic carbocycles. The van der Waals surface area contributed by atoms with Gasteiger partial charge in [-0.05, 0) is 25.0 Å². The van der Waals surface area contributed by atoms with E-state index in [1.807, 2.05) is 12.1 Å². The van der Waals surface area contributed by atoms with Crippen LogP contribution in [-0.2, 0) is 0 Å². The van der Waals surface area contributed by atoms with Crippen LogP contribution in [0.3, 0.4) is 0 Å². The molecule has 5 N–H and O–H groups in total. The molecule has 1 aliphatic carbocycles. The van der Waals surface area contributed by atoms with Crippen LogP contribution in [0.4, 0.5) is 11.6 Å². The van der Waals surface area contributed by atoms with Gasteiger partial charge in [-0.2, -0.15) is 0 Å². The van der Waals surface area contributed by atoms with Gasteiger partial charge >= 0.3 is 0 Å². The highest BCUT2D eigenvalue weighted by Gasteiger charge is 2.30. The van der Waals surface area contributed by atoms with Gasteiger partial charge in [0, 0.05) is 6.54 Å². The number of pyridine rings is 1. The molecule has 1 saturated carbocycles. The molecule has 0 spiro atoms. The molecule has 0 aliphatic heterocycles. The summed E-state index contributed by atoms with van der Waals surface area (Å²) in [5.74, 6) is 6.62. The van der Waals surface area contributed by atoms with Crippen LogP contribution < -0.4 is 16.6 Å². The first-order chi connectivity index (χ1) is 7.72. The zero-order chi connectivity index (χ0) is 11.4. The first-order valence-electron chi connectivity index (χ1n) is 5.62. The fourth-order valence-electron chi connectivity index (χ4n) is 2.08. The molecule has 5 nitrogen and oxygen atoms in total. The van der Waals surface area contributed by atoms with Crippen LogP contribution in [0, 0.1) is 0 Å².